The third-order valence-corrected chi connectivity index (χ3v) is 4.59. The Kier molecular flexibility index (Phi) is 4.05. The number of aryl methyl sites for hydroxylation is 1. The normalized spacial score (nSPS) is 11.5. The van der Waals surface area contributed by atoms with Crippen molar-refractivity contribution in [2.75, 3.05) is 7.11 Å². The van der Waals surface area contributed by atoms with Crippen LogP contribution in [-0.2, 0) is 0 Å². The second kappa shape index (κ2) is 6.52. The van der Waals surface area contributed by atoms with Crippen LogP contribution in [0.15, 0.2) is 65.5 Å². The molecular formula is C23H19NO2. The molecular weight excluding hydrogens is 322 g/mol. The van der Waals surface area contributed by atoms with Crippen molar-refractivity contribution in [1.82, 2.24) is 4.98 Å². The molecule has 0 unspecified atom stereocenters. The van der Waals surface area contributed by atoms with E-state index in [1.54, 1.807) is 13.2 Å². The molecule has 3 aromatic carbocycles. The van der Waals surface area contributed by atoms with E-state index in [4.69, 9.17) is 4.74 Å². The van der Waals surface area contributed by atoms with Gasteiger partial charge in [0.2, 0.25) is 0 Å². The van der Waals surface area contributed by atoms with Crippen LogP contribution in [0.5, 0.6) is 5.75 Å². The second-order valence-electron chi connectivity index (χ2n) is 6.40. The van der Waals surface area contributed by atoms with Crippen LogP contribution in [0, 0.1) is 6.92 Å². The molecule has 0 aliphatic heterocycles. The molecule has 0 fully saturated rings. The number of hydrogen-bond acceptors (Lipinski definition) is 2. The minimum Gasteiger partial charge on any atom is -0.496 e. The molecule has 3 nitrogen and oxygen atoms in total. The third kappa shape index (κ3) is 3.00. The molecule has 0 radical (unpaired) electrons. The van der Waals surface area contributed by atoms with Crippen LogP contribution in [0.25, 0.3) is 33.8 Å². The van der Waals surface area contributed by atoms with E-state index in [2.05, 4.69) is 35.3 Å². The number of ether oxygens (including phenoxy) is 1. The van der Waals surface area contributed by atoms with Gasteiger partial charge in [-0.05, 0) is 47.0 Å². The number of fused-ring (bicyclic) bond motifs is 2. The zero-order valence-corrected chi connectivity index (χ0v) is 14.7. The van der Waals surface area contributed by atoms with Crippen molar-refractivity contribution in [3.05, 3.63) is 87.7 Å². The molecule has 128 valence electrons. The lowest BCUT2D eigenvalue weighted by atomic mass is 10.1. The Hall–Kier alpha value is -3.33. The summed E-state index contributed by atoms with van der Waals surface area (Å²) in [6, 6.07) is 19.9. The van der Waals surface area contributed by atoms with Crippen molar-refractivity contribution in [3.8, 4) is 5.75 Å². The molecule has 1 aromatic heterocycles. The van der Waals surface area contributed by atoms with Crippen molar-refractivity contribution >= 4 is 33.8 Å². The van der Waals surface area contributed by atoms with Crippen LogP contribution < -0.4 is 10.2 Å². The first-order valence-electron chi connectivity index (χ1n) is 8.52. The van der Waals surface area contributed by atoms with Gasteiger partial charge in [0, 0.05) is 23.2 Å². The minimum atomic E-state index is 0.00247. The lowest BCUT2D eigenvalue weighted by molar-refractivity contribution is 0.412. The molecule has 0 saturated carbocycles. The van der Waals surface area contributed by atoms with E-state index in [-0.39, 0.29) is 5.43 Å². The summed E-state index contributed by atoms with van der Waals surface area (Å²) in [6.07, 6.45) is 3.94. The number of rotatable bonds is 3. The second-order valence-corrected chi connectivity index (χ2v) is 6.40. The molecule has 3 heteroatoms. The van der Waals surface area contributed by atoms with Crippen molar-refractivity contribution in [2.45, 2.75) is 6.92 Å². The highest BCUT2D eigenvalue weighted by molar-refractivity contribution is 5.86. The molecule has 0 bridgehead atoms. The Morgan fingerprint density at radius 3 is 2.54 bits per heavy atom. The first kappa shape index (κ1) is 16.2. The fourth-order valence-corrected chi connectivity index (χ4v) is 3.21. The Morgan fingerprint density at radius 1 is 0.923 bits per heavy atom. The number of aromatic amines is 1. The lowest BCUT2D eigenvalue weighted by Gasteiger charge is -2.07. The Balaban J connectivity index is 1.74. The molecule has 4 aromatic rings. The van der Waals surface area contributed by atoms with E-state index < -0.39 is 0 Å². The average Bonchev–Trinajstić information content (AvgIpc) is 2.66. The molecule has 0 spiro atoms. The number of aromatic nitrogens is 1. The van der Waals surface area contributed by atoms with Gasteiger partial charge in [-0.15, -0.1) is 0 Å². The largest absolute Gasteiger partial charge is 0.496 e. The first-order valence-corrected chi connectivity index (χ1v) is 8.52. The minimum absolute atomic E-state index is 0.00247. The number of pyridine rings is 1. The molecule has 4 rings (SSSR count). The van der Waals surface area contributed by atoms with Crippen molar-refractivity contribution < 1.29 is 4.74 Å². The van der Waals surface area contributed by atoms with Crippen LogP contribution >= 0.6 is 0 Å². The number of hydrogen-bond donors (Lipinski definition) is 1. The van der Waals surface area contributed by atoms with E-state index >= 15 is 0 Å². The van der Waals surface area contributed by atoms with Gasteiger partial charge in [0.15, 0.2) is 5.43 Å². The average molecular weight is 341 g/mol. The zero-order valence-electron chi connectivity index (χ0n) is 14.7. The topological polar surface area (TPSA) is 42.1 Å². The summed E-state index contributed by atoms with van der Waals surface area (Å²) in [5.74, 6) is 0.767. The Bertz CT molecular complexity index is 1200. The molecule has 1 N–H and O–H groups in total. The third-order valence-electron chi connectivity index (χ3n) is 4.59. The molecule has 0 aliphatic rings. The van der Waals surface area contributed by atoms with E-state index in [1.807, 2.05) is 43.3 Å². The summed E-state index contributed by atoms with van der Waals surface area (Å²) in [6.45, 7) is 1.94. The van der Waals surface area contributed by atoms with Gasteiger partial charge in [-0.3, -0.25) is 4.79 Å². The van der Waals surface area contributed by atoms with E-state index in [0.29, 0.717) is 5.39 Å². The van der Waals surface area contributed by atoms with Gasteiger partial charge in [-0.1, -0.05) is 42.5 Å². The molecule has 26 heavy (non-hydrogen) atoms. The summed E-state index contributed by atoms with van der Waals surface area (Å²) >= 11 is 0. The molecule has 1 heterocycles. The highest BCUT2D eigenvalue weighted by Crippen LogP contribution is 2.23. The van der Waals surface area contributed by atoms with Gasteiger partial charge in [0.25, 0.3) is 0 Å². The predicted octanol–water partition coefficient (Wildman–Crippen LogP) is 5.17. The summed E-state index contributed by atoms with van der Waals surface area (Å²) in [5, 5.41) is 3.08. The fourth-order valence-electron chi connectivity index (χ4n) is 3.21. The van der Waals surface area contributed by atoms with Crippen molar-refractivity contribution in [1.29, 1.82) is 0 Å². The summed E-state index contributed by atoms with van der Waals surface area (Å²) in [5.41, 5.74) is 3.58. The van der Waals surface area contributed by atoms with Crippen LogP contribution in [0.1, 0.15) is 16.8 Å². The van der Waals surface area contributed by atoms with Gasteiger partial charge in [0.05, 0.1) is 12.6 Å². The van der Waals surface area contributed by atoms with Crippen LogP contribution in [0.4, 0.5) is 0 Å². The van der Waals surface area contributed by atoms with Gasteiger partial charge >= 0.3 is 0 Å². The molecule has 0 atom stereocenters. The Morgan fingerprint density at radius 2 is 1.73 bits per heavy atom. The van der Waals surface area contributed by atoms with Crippen LogP contribution in [0.3, 0.4) is 0 Å². The highest BCUT2D eigenvalue weighted by atomic mass is 16.5. The van der Waals surface area contributed by atoms with E-state index in [1.165, 1.54) is 10.8 Å². The summed E-state index contributed by atoms with van der Waals surface area (Å²) < 4.78 is 5.36. The van der Waals surface area contributed by atoms with Gasteiger partial charge in [-0.25, -0.2) is 0 Å². The van der Waals surface area contributed by atoms with Crippen LogP contribution in [-0.4, -0.2) is 12.1 Å². The van der Waals surface area contributed by atoms with E-state index in [9.17, 15) is 4.79 Å². The molecule has 0 saturated heterocycles. The lowest BCUT2D eigenvalue weighted by Crippen LogP contribution is -2.04. The zero-order chi connectivity index (χ0) is 18.1. The standard InChI is InChI=1S/C23H19NO2/c1-15-11-20-21(14-23(15)26-2)24-19(13-22(20)25)10-8-16-7-9-17-5-3-4-6-18(17)12-16/h3-14H,1-2H3,(H,24,25)/b10-8+. The Labute approximate surface area is 151 Å². The highest BCUT2D eigenvalue weighted by Gasteiger charge is 2.06. The quantitative estimate of drug-likeness (QED) is 0.559. The molecule has 0 amide bonds. The molecule has 0 aliphatic carbocycles. The monoisotopic (exact) mass is 341 g/mol. The maximum atomic E-state index is 12.4. The SMILES string of the molecule is COc1cc2[nH]c(/C=C/c3ccc4ccccc4c3)cc(=O)c2cc1C. The van der Waals surface area contributed by atoms with E-state index in [0.717, 1.165) is 28.1 Å². The van der Waals surface area contributed by atoms with Crippen molar-refractivity contribution in [3.63, 3.8) is 0 Å². The smallest absolute Gasteiger partial charge is 0.190 e. The maximum Gasteiger partial charge on any atom is 0.190 e. The fraction of sp³-hybridized carbons (Fsp3) is 0.0870. The summed E-state index contributed by atoms with van der Waals surface area (Å²) in [4.78, 5) is 15.8. The number of methoxy groups -OCH3 is 1. The predicted molar refractivity (Wildman–Crippen MR) is 109 cm³/mol. The van der Waals surface area contributed by atoms with Gasteiger partial charge in [-0.2, -0.15) is 0 Å². The number of benzene rings is 3. The summed E-state index contributed by atoms with van der Waals surface area (Å²) in [7, 11) is 1.63. The van der Waals surface area contributed by atoms with Gasteiger partial charge in [0.1, 0.15) is 5.75 Å². The van der Waals surface area contributed by atoms with Gasteiger partial charge < -0.3 is 9.72 Å². The van der Waals surface area contributed by atoms with Crippen LogP contribution in [0.2, 0.25) is 0 Å². The number of H-pyrrole nitrogens is 1. The maximum absolute atomic E-state index is 12.4. The first-order chi connectivity index (χ1) is 12.6. The van der Waals surface area contributed by atoms with Crippen molar-refractivity contribution in [2.24, 2.45) is 0 Å². The number of nitrogens with one attached hydrogen (secondary N) is 1.